The highest BCUT2D eigenvalue weighted by Gasteiger charge is 2.43. The van der Waals surface area contributed by atoms with Crippen molar-refractivity contribution in [2.24, 2.45) is 5.92 Å². The van der Waals surface area contributed by atoms with Crippen molar-refractivity contribution in [2.75, 3.05) is 19.6 Å². The molecule has 1 aromatic heterocycles. The summed E-state index contributed by atoms with van der Waals surface area (Å²) < 4.78 is 5.51. The monoisotopic (exact) mass is 380 g/mol. The van der Waals surface area contributed by atoms with Crippen molar-refractivity contribution in [3.8, 4) is 11.5 Å². The maximum Gasteiger partial charge on any atom is 0.257 e. The molecule has 2 aromatic rings. The van der Waals surface area contributed by atoms with Crippen molar-refractivity contribution in [3.63, 3.8) is 0 Å². The van der Waals surface area contributed by atoms with E-state index in [0.717, 1.165) is 37.2 Å². The lowest BCUT2D eigenvalue weighted by Crippen LogP contribution is -2.54. The van der Waals surface area contributed by atoms with Crippen molar-refractivity contribution < 1.29 is 9.32 Å². The molecule has 2 fully saturated rings. The zero-order valence-corrected chi connectivity index (χ0v) is 15.8. The molecule has 3 aliphatic heterocycles. The topological polar surface area (TPSA) is 95.3 Å². The molecular weight excluding hydrogens is 356 g/mol. The zero-order chi connectivity index (χ0) is 19.1. The van der Waals surface area contributed by atoms with Crippen molar-refractivity contribution in [2.45, 2.75) is 31.8 Å². The van der Waals surface area contributed by atoms with Crippen LogP contribution in [0.4, 0.5) is 0 Å². The highest BCUT2D eigenvalue weighted by Crippen LogP contribution is 2.34. The lowest BCUT2D eigenvalue weighted by Gasteiger charge is -2.38. The molecule has 3 aliphatic rings. The normalized spacial score (nSPS) is 25.4. The smallest absolute Gasteiger partial charge is 0.257 e. The van der Waals surface area contributed by atoms with E-state index in [0.29, 0.717) is 24.2 Å². The van der Waals surface area contributed by atoms with Crippen LogP contribution in [0.1, 0.15) is 30.1 Å². The minimum absolute atomic E-state index is 0.0502. The lowest BCUT2D eigenvalue weighted by molar-refractivity contribution is -0.119. The molecule has 2 saturated heterocycles. The molecule has 0 spiro atoms. The maximum atomic E-state index is 12.4. The Bertz CT molecular complexity index is 900. The fourth-order valence-corrected chi connectivity index (χ4v) is 4.26. The number of rotatable bonds is 3. The van der Waals surface area contributed by atoms with Crippen LogP contribution in [0.3, 0.4) is 0 Å². The summed E-state index contributed by atoms with van der Waals surface area (Å²) in [7, 11) is 0. The van der Waals surface area contributed by atoms with Crippen LogP contribution in [0.2, 0.25) is 0 Å². The number of carbonyl (C=O) groups excluding carboxylic acids is 1. The average molecular weight is 380 g/mol. The zero-order valence-electron chi connectivity index (χ0n) is 15.8. The summed E-state index contributed by atoms with van der Waals surface area (Å²) in [5.41, 5.74) is 6.59. The summed E-state index contributed by atoms with van der Waals surface area (Å²) in [5, 5.41) is 12.8. The molecule has 2 atom stereocenters. The number of allylic oxidation sites excluding steroid dienone is 1. The van der Waals surface area contributed by atoms with Gasteiger partial charge in [0.2, 0.25) is 5.91 Å². The van der Waals surface area contributed by atoms with Crippen molar-refractivity contribution in [1.82, 2.24) is 31.2 Å². The van der Waals surface area contributed by atoms with E-state index in [-0.39, 0.29) is 18.0 Å². The Morgan fingerprint density at radius 3 is 2.75 bits per heavy atom. The number of nitrogens with one attached hydrogen (secondary N) is 3. The molecule has 146 valence electrons. The molecule has 1 amide bonds. The molecule has 0 saturated carbocycles. The number of aryl methyl sites for hydroxylation is 1. The predicted molar refractivity (Wildman–Crippen MR) is 103 cm³/mol. The molecule has 0 bridgehead atoms. The van der Waals surface area contributed by atoms with Crippen LogP contribution in [-0.4, -0.2) is 46.9 Å². The van der Waals surface area contributed by atoms with E-state index in [1.54, 1.807) is 6.08 Å². The summed E-state index contributed by atoms with van der Waals surface area (Å²) in [4.78, 5) is 17.0. The molecule has 0 aliphatic carbocycles. The number of carbonyl (C=O) groups is 1. The predicted octanol–water partition coefficient (Wildman–Crippen LogP) is 1.29. The summed E-state index contributed by atoms with van der Waals surface area (Å²) in [6.45, 7) is 4.66. The fourth-order valence-electron chi connectivity index (χ4n) is 4.26. The van der Waals surface area contributed by atoms with Crippen LogP contribution in [-0.2, 0) is 4.79 Å². The summed E-state index contributed by atoms with van der Waals surface area (Å²) in [5.74, 6) is 1.38. The van der Waals surface area contributed by atoms with Gasteiger partial charge in [-0.1, -0.05) is 22.9 Å². The quantitative estimate of drug-likeness (QED) is 0.738. The maximum absolute atomic E-state index is 12.4. The van der Waals surface area contributed by atoms with Gasteiger partial charge in [-0.2, -0.15) is 4.98 Å². The second kappa shape index (κ2) is 7.03. The van der Waals surface area contributed by atoms with Gasteiger partial charge in [0.25, 0.3) is 5.89 Å². The van der Waals surface area contributed by atoms with Crippen LogP contribution in [0.15, 0.2) is 40.6 Å². The summed E-state index contributed by atoms with van der Waals surface area (Å²) in [6, 6.07) is 8.00. The number of benzene rings is 1. The second-order valence-corrected chi connectivity index (χ2v) is 7.71. The molecular formula is C20H24N6O2. The Kier molecular flexibility index (Phi) is 4.37. The third-order valence-corrected chi connectivity index (χ3v) is 5.82. The van der Waals surface area contributed by atoms with Crippen molar-refractivity contribution in [1.29, 1.82) is 0 Å². The van der Waals surface area contributed by atoms with E-state index in [1.807, 2.05) is 31.2 Å². The third kappa shape index (κ3) is 3.08. The molecule has 0 radical (unpaired) electrons. The van der Waals surface area contributed by atoms with E-state index < -0.39 is 0 Å². The first kappa shape index (κ1) is 17.4. The highest BCUT2D eigenvalue weighted by atomic mass is 16.5. The van der Waals surface area contributed by atoms with E-state index in [4.69, 9.17) is 4.52 Å². The Balaban J connectivity index is 1.39. The van der Waals surface area contributed by atoms with Gasteiger partial charge in [0, 0.05) is 29.8 Å². The number of aromatic nitrogens is 2. The Morgan fingerprint density at radius 2 is 1.96 bits per heavy atom. The van der Waals surface area contributed by atoms with Gasteiger partial charge >= 0.3 is 0 Å². The van der Waals surface area contributed by atoms with E-state index in [2.05, 4.69) is 31.2 Å². The Hall–Kier alpha value is -2.71. The minimum atomic E-state index is -0.203. The standard InChI is InChI=1S/C20H24N6O2/c1-12-2-4-14(5-3-12)20-24-18(25-28-20)15-11-22-26-16(10-17(27)23-19(15)26)13-6-8-21-9-7-13/h2-5,10,13,15,19,21-22H,6-9,11H2,1H3,(H,23,27). The molecule has 2 unspecified atom stereocenters. The molecule has 8 heteroatoms. The van der Waals surface area contributed by atoms with Gasteiger partial charge in [0.1, 0.15) is 6.17 Å². The van der Waals surface area contributed by atoms with Crippen molar-refractivity contribution >= 4 is 5.91 Å². The van der Waals surface area contributed by atoms with Crippen LogP contribution in [0.5, 0.6) is 0 Å². The van der Waals surface area contributed by atoms with E-state index in [9.17, 15) is 4.79 Å². The highest BCUT2D eigenvalue weighted by molar-refractivity contribution is 5.89. The fraction of sp³-hybridized carbons (Fsp3) is 0.450. The van der Waals surface area contributed by atoms with Gasteiger partial charge in [-0.25, -0.2) is 5.43 Å². The molecule has 28 heavy (non-hydrogen) atoms. The van der Waals surface area contributed by atoms with Crippen LogP contribution >= 0.6 is 0 Å². The first-order valence-electron chi connectivity index (χ1n) is 9.85. The SMILES string of the molecule is Cc1ccc(-c2nc(C3CNN4C(C5CCNCC5)=CC(=O)NC34)no2)cc1. The van der Waals surface area contributed by atoms with Gasteiger partial charge < -0.3 is 15.2 Å². The van der Waals surface area contributed by atoms with E-state index in [1.165, 1.54) is 5.56 Å². The third-order valence-electron chi connectivity index (χ3n) is 5.82. The number of amides is 1. The summed E-state index contributed by atoms with van der Waals surface area (Å²) in [6.07, 6.45) is 3.60. The van der Waals surface area contributed by atoms with Crippen molar-refractivity contribution in [3.05, 3.63) is 47.4 Å². The van der Waals surface area contributed by atoms with Gasteiger partial charge in [-0.15, -0.1) is 0 Å². The van der Waals surface area contributed by atoms with E-state index >= 15 is 0 Å². The number of fused-ring (bicyclic) bond motifs is 1. The number of piperidine rings is 1. The molecule has 4 heterocycles. The molecule has 5 rings (SSSR count). The number of hydrogen-bond donors (Lipinski definition) is 3. The van der Waals surface area contributed by atoms with Crippen LogP contribution in [0, 0.1) is 12.8 Å². The largest absolute Gasteiger partial charge is 0.334 e. The van der Waals surface area contributed by atoms with Gasteiger partial charge in [-0.05, 0) is 45.0 Å². The second-order valence-electron chi connectivity index (χ2n) is 7.71. The first-order chi connectivity index (χ1) is 13.7. The Labute approximate surface area is 163 Å². The number of hydrogen-bond acceptors (Lipinski definition) is 7. The van der Waals surface area contributed by atoms with Gasteiger partial charge in [0.05, 0.1) is 5.92 Å². The van der Waals surface area contributed by atoms with Crippen LogP contribution in [0.25, 0.3) is 11.5 Å². The molecule has 3 N–H and O–H groups in total. The lowest BCUT2D eigenvalue weighted by atomic mass is 9.92. The molecule has 1 aromatic carbocycles. The number of hydrazine groups is 1. The van der Waals surface area contributed by atoms with Gasteiger partial charge in [-0.3, -0.25) is 9.80 Å². The van der Waals surface area contributed by atoms with Crippen LogP contribution < -0.4 is 16.1 Å². The summed E-state index contributed by atoms with van der Waals surface area (Å²) >= 11 is 0. The first-order valence-corrected chi connectivity index (χ1v) is 9.85. The minimum Gasteiger partial charge on any atom is -0.334 e. The number of nitrogens with zero attached hydrogens (tertiary/aromatic N) is 3. The average Bonchev–Trinajstić information content (AvgIpc) is 3.35. The van der Waals surface area contributed by atoms with Gasteiger partial charge in [0.15, 0.2) is 5.82 Å². The Morgan fingerprint density at radius 1 is 1.18 bits per heavy atom. The molecule has 8 nitrogen and oxygen atoms in total.